The molecule has 1 N–H and O–H groups in total. The minimum Gasteiger partial charge on any atom is -0.507 e. The van der Waals surface area contributed by atoms with Crippen molar-refractivity contribution in [2.45, 2.75) is 12.7 Å². The molecular formula is C16H10F6O5. The zero-order chi connectivity index (χ0) is 20.4. The number of rotatable bonds is 5. The summed E-state index contributed by atoms with van der Waals surface area (Å²) in [6.07, 6.45) is -9.96. The van der Waals surface area contributed by atoms with Crippen molar-refractivity contribution in [3.63, 3.8) is 0 Å². The van der Waals surface area contributed by atoms with Gasteiger partial charge in [-0.25, -0.2) is 0 Å². The van der Waals surface area contributed by atoms with Crippen LogP contribution in [0.5, 0.6) is 23.0 Å². The van der Waals surface area contributed by atoms with E-state index in [1.165, 1.54) is 0 Å². The molecule has 0 aliphatic rings. The third-order valence-corrected chi connectivity index (χ3v) is 3.15. The first-order valence-electron chi connectivity index (χ1n) is 6.95. The first-order chi connectivity index (χ1) is 12.4. The lowest BCUT2D eigenvalue weighted by Gasteiger charge is -2.17. The number of hydrogen-bond acceptors (Lipinski definition) is 5. The molecule has 5 nitrogen and oxygen atoms in total. The number of carbonyl (C=O) groups excluding carboxylic acids is 1. The molecule has 0 aliphatic heterocycles. The second kappa shape index (κ2) is 7.25. The first-order valence-corrected chi connectivity index (χ1v) is 6.95. The molecule has 146 valence electrons. The van der Waals surface area contributed by atoms with Crippen molar-refractivity contribution < 1.29 is 50.5 Å². The number of halogens is 6. The van der Waals surface area contributed by atoms with Crippen LogP contribution in [0.3, 0.4) is 0 Å². The van der Waals surface area contributed by atoms with Crippen LogP contribution in [0.2, 0.25) is 0 Å². The van der Waals surface area contributed by atoms with Crippen LogP contribution in [-0.2, 0) is 0 Å². The second-order valence-electron chi connectivity index (χ2n) is 4.99. The average molecular weight is 396 g/mol. The fraction of sp³-hybridized carbons (Fsp3) is 0.188. The van der Waals surface area contributed by atoms with E-state index in [0.29, 0.717) is 0 Å². The average Bonchev–Trinajstić information content (AvgIpc) is 2.53. The van der Waals surface area contributed by atoms with Gasteiger partial charge in [-0.2, -0.15) is 0 Å². The molecule has 0 saturated carbocycles. The lowest BCUT2D eigenvalue weighted by Crippen LogP contribution is -2.17. The van der Waals surface area contributed by atoms with E-state index in [0.717, 1.165) is 37.4 Å². The number of phenolic OH excluding ortho intramolecular Hbond substituents is 1. The molecule has 0 radical (unpaired) electrons. The standard InChI is InChI=1S/C16H10F6O5/c1-25-14-8(7-23)4-10(27-16(20,21)22)6-12(14)11-5-9(2-3-13(11)24)26-15(17,18)19/h2-7,24H,1H3. The number of hydrogen-bond donors (Lipinski definition) is 1. The Morgan fingerprint density at radius 2 is 1.44 bits per heavy atom. The monoisotopic (exact) mass is 396 g/mol. The highest BCUT2D eigenvalue weighted by Gasteiger charge is 2.33. The van der Waals surface area contributed by atoms with Gasteiger partial charge in [-0.3, -0.25) is 4.79 Å². The maximum atomic E-state index is 12.5. The lowest BCUT2D eigenvalue weighted by molar-refractivity contribution is -0.275. The van der Waals surface area contributed by atoms with E-state index in [-0.39, 0.29) is 28.7 Å². The van der Waals surface area contributed by atoms with Gasteiger partial charge in [0.2, 0.25) is 0 Å². The Balaban J connectivity index is 2.67. The van der Waals surface area contributed by atoms with E-state index in [2.05, 4.69) is 9.47 Å². The third kappa shape index (κ3) is 5.19. The van der Waals surface area contributed by atoms with Gasteiger partial charge in [0, 0.05) is 11.1 Å². The summed E-state index contributed by atoms with van der Waals surface area (Å²) in [5.74, 6) is -2.45. The Bertz CT molecular complexity index is 844. The van der Waals surface area contributed by atoms with Crippen LogP contribution >= 0.6 is 0 Å². The van der Waals surface area contributed by atoms with Crippen LogP contribution in [0.15, 0.2) is 30.3 Å². The summed E-state index contributed by atoms with van der Waals surface area (Å²) < 4.78 is 87.1. The second-order valence-corrected chi connectivity index (χ2v) is 4.99. The number of phenols is 1. The maximum absolute atomic E-state index is 12.5. The van der Waals surface area contributed by atoms with Crippen molar-refractivity contribution in [2.24, 2.45) is 0 Å². The zero-order valence-electron chi connectivity index (χ0n) is 13.3. The molecule has 0 saturated heterocycles. The van der Waals surface area contributed by atoms with E-state index in [1.54, 1.807) is 0 Å². The van der Waals surface area contributed by atoms with Gasteiger partial charge in [0.1, 0.15) is 23.0 Å². The van der Waals surface area contributed by atoms with Gasteiger partial charge in [-0.1, -0.05) is 0 Å². The van der Waals surface area contributed by atoms with E-state index >= 15 is 0 Å². The molecule has 0 unspecified atom stereocenters. The van der Waals surface area contributed by atoms with E-state index < -0.39 is 30.0 Å². The Kier molecular flexibility index (Phi) is 5.43. The van der Waals surface area contributed by atoms with Gasteiger partial charge < -0.3 is 19.3 Å². The SMILES string of the molecule is COc1c(C=O)cc(OC(F)(F)F)cc1-c1cc(OC(F)(F)F)ccc1O. The van der Waals surface area contributed by atoms with Gasteiger partial charge in [-0.05, 0) is 30.3 Å². The number of aromatic hydroxyl groups is 1. The van der Waals surface area contributed by atoms with Crippen LogP contribution in [0, 0.1) is 0 Å². The van der Waals surface area contributed by atoms with Crippen LogP contribution in [0.1, 0.15) is 10.4 Å². The summed E-state index contributed by atoms with van der Waals surface area (Å²) in [6.45, 7) is 0. The number of aldehydes is 1. The molecule has 2 aromatic rings. The maximum Gasteiger partial charge on any atom is 0.573 e. The molecule has 0 amide bonds. The zero-order valence-corrected chi connectivity index (χ0v) is 13.3. The number of carbonyl (C=O) groups is 1. The van der Waals surface area contributed by atoms with Crippen LogP contribution in [0.25, 0.3) is 11.1 Å². The Morgan fingerprint density at radius 3 is 1.96 bits per heavy atom. The number of benzene rings is 2. The van der Waals surface area contributed by atoms with Crippen molar-refractivity contribution in [2.75, 3.05) is 7.11 Å². The molecule has 0 spiro atoms. The molecule has 0 aromatic heterocycles. The fourth-order valence-corrected chi connectivity index (χ4v) is 2.26. The highest BCUT2D eigenvalue weighted by molar-refractivity contribution is 5.89. The molecule has 27 heavy (non-hydrogen) atoms. The number of ether oxygens (including phenoxy) is 3. The Hall–Kier alpha value is -3.11. The van der Waals surface area contributed by atoms with E-state index in [9.17, 15) is 36.2 Å². The Morgan fingerprint density at radius 1 is 0.889 bits per heavy atom. The number of alkyl halides is 6. The number of methoxy groups -OCH3 is 1. The molecule has 11 heteroatoms. The van der Waals surface area contributed by atoms with E-state index in [4.69, 9.17) is 4.74 Å². The van der Waals surface area contributed by atoms with E-state index in [1.807, 2.05) is 0 Å². The van der Waals surface area contributed by atoms with Crippen molar-refractivity contribution in [1.29, 1.82) is 0 Å². The summed E-state index contributed by atoms with van der Waals surface area (Å²) in [5, 5.41) is 9.95. The van der Waals surface area contributed by atoms with Crippen LogP contribution < -0.4 is 14.2 Å². The molecule has 0 fully saturated rings. The predicted octanol–water partition coefficient (Wildman–Crippen LogP) is 4.68. The van der Waals surface area contributed by atoms with Crippen molar-refractivity contribution in [3.8, 4) is 34.1 Å². The quantitative estimate of drug-likeness (QED) is 0.588. The minimum atomic E-state index is -5.09. The van der Waals surface area contributed by atoms with Crippen LogP contribution in [0.4, 0.5) is 26.3 Å². The highest BCUT2D eigenvalue weighted by Crippen LogP contribution is 2.43. The molecule has 0 aliphatic carbocycles. The summed E-state index contributed by atoms with van der Waals surface area (Å²) in [7, 11) is 1.09. The van der Waals surface area contributed by atoms with Gasteiger partial charge in [-0.15, -0.1) is 26.3 Å². The smallest absolute Gasteiger partial charge is 0.507 e. The minimum absolute atomic E-state index is 0.165. The summed E-state index contributed by atoms with van der Waals surface area (Å²) in [4.78, 5) is 11.2. The van der Waals surface area contributed by atoms with Gasteiger partial charge in [0.05, 0.1) is 12.7 Å². The van der Waals surface area contributed by atoms with Gasteiger partial charge in [0.25, 0.3) is 0 Å². The van der Waals surface area contributed by atoms with Crippen molar-refractivity contribution in [1.82, 2.24) is 0 Å². The first kappa shape index (κ1) is 20.2. The highest BCUT2D eigenvalue weighted by atomic mass is 19.4. The van der Waals surface area contributed by atoms with Gasteiger partial charge >= 0.3 is 12.7 Å². The van der Waals surface area contributed by atoms with Crippen molar-refractivity contribution >= 4 is 6.29 Å². The summed E-state index contributed by atoms with van der Waals surface area (Å²) in [5.41, 5.74) is -1.06. The van der Waals surface area contributed by atoms with Gasteiger partial charge in [0.15, 0.2) is 6.29 Å². The van der Waals surface area contributed by atoms with Crippen molar-refractivity contribution in [3.05, 3.63) is 35.9 Å². The fourth-order valence-electron chi connectivity index (χ4n) is 2.26. The predicted molar refractivity (Wildman–Crippen MR) is 78.8 cm³/mol. The normalized spacial score (nSPS) is 11.8. The molecule has 2 aromatic carbocycles. The van der Waals surface area contributed by atoms with Crippen LogP contribution in [-0.4, -0.2) is 31.2 Å². The summed E-state index contributed by atoms with van der Waals surface area (Å²) >= 11 is 0. The lowest BCUT2D eigenvalue weighted by atomic mass is 10.00. The molecule has 0 heterocycles. The topological polar surface area (TPSA) is 65.0 Å². The largest absolute Gasteiger partial charge is 0.573 e. The Labute approximate surface area is 147 Å². The molecular weight excluding hydrogens is 386 g/mol. The summed E-state index contributed by atoms with van der Waals surface area (Å²) in [6, 6.07) is 3.86. The third-order valence-electron chi connectivity index (χ3n) is 3.15. The molecule has 0 bridgehead atoms. The molecule has 0 atom stereocenters. The molecule has 2 rings (SSSR count).